The Morgan fingerprint density at radius 3 is 2.57 bits per heavy atom. The molecular weight excluding hydrogens is 99.0 g/mol. The highest BCUT2D eigenvalue weighted by Crippen LogP contribution is 1.79. The summed E-state index contributed by atoms with van der Waals surface area (Å²) < 4.78 is 11.5. The maximum absolute atomic E-state index is 11.5. The van der Waals surface area contributed by atoms with Crippen LogP contribution in [0.2, 0.25) is 0 Å². The van der Waals surface area contributed by atoms with Crippen molar-refractivity contribution in [3.63, 3.8) is 0 Å². The minimum absolute atomic E-state index is 0.977. The average molecular weight is 104 g/mol. The number of rotatable bonds is 1. The molecular formula is C3H5FN2O. The summed E-state index contributed by atoms with van der Waals surface area (Å²) in [7, 11) is 1.25. The summed E-state index contributed by atoms with van der Waals surface area (Å²) in [4.78, 5) is 6.76. The van der Waals surface area contributed by atoms with E-state index in [2.05, 4.69) is 21.7 Å². The molecule has 4 heteroatoms. The van der Waals surface area contributed by atoms with E-state index >= 15 is 0 Å². The summed E-state index contributed by atoms with van der Waals surface area (Å²) in [6.45, 7) is 2.86. The van der Waals surface area contributed by atoms with Gasteiger partial charge in [0, 0.05) is 13.8 Å². The van der Waals surface area contributed by atoms with Gasteiger partial charge in [-0.05, 0) is 0 Å². The minimum Gasteiger partial charge on any atom is -0.306 e. The quantitative estimate of drug-likeness (QED) is 0.272. The van der Waals surface area contributed by atoms with Crippen LogP contribution in [0.4, 0.5) is 4.39 Å². The Morgan fingerprint density at radius 2 is 2.43 bits per heavy atom. The molecule has 0 aliphatic carbocycles. The number of oxime groups is 1. The molecule has 0 bridgehead atoms. The lowest BCUT2D eigenvalue weighted by atomic mass is 11.3. The molecule has 0 atom stereocenters. The van der Waals surface area contributed by atoms with Crippen LogP contribution >= 0.6 is 0 Å². The first kappa shape index (κ1) is 6.07. The van der Waals surface area contributed by atoms with Crippen molar-refractivity contribution in [2.45, 2.75) is 0 Å². The molecule has 0 saturated carbocycles. The Bertz CT molecular complexity index is 90.9. The predicted molar refractivity (Wildman–Crippen MR) is 25.1 cm³/mol. The number of halogens is 1. The summed E-state index contributed by atoms with van der Waals surface area (Å²) in [6, 6.07) is 0. The van der Waals surface area contributed by atoms with E-state index in [0.29, 0.717) is 0 Å². The monoisotopic (exact) mass is 104 g/mol. The van der Waals surface area contributed by atoms with E-state index in [9.17, 15) is 4.39 Å². The fourth-order valence-electron chi connectivity index (χ4n) is 0.0941. The Hall–Kier alpha value is -0.930. The highest BCUT2D eigenvalue weighted by Gasteiger charge is 1.86. The zero-order valence-corrected chi connectivity index (χ0v) is 3.89. The molecule has 0 amide bonds. The second-order valence-electron chi connectivity index (χ2n) is 0.697. The fraction of sp³-hybridized carbons (Fsp3) is 0.333. The molecule has 0 aliphatic rings. The lowest BCUT2D eigenvalue weighted by molar-refractivity contribution is 0.285. The molecule has 40 valence electrons. The molecule has 0 N–H and O–H groups in total. The van der Waals surface area contributed by atoms with Gasteiger partial charge in [-0.25, -0.2) is 4.99 Å². The van der Waals surface area contributed by atoms with E-state index < -0.39 is 6.15 Å². The average Bonchev–Trinajstić information content (AvgIpc) is 1.68. The summed E-state index contributed by atoms with van der Waals surface area (Å²) >= 11 is 0. The Kier molecular flexibility index (Phi) is 2.83. The van der Waals surface area contributed by atoms with Crippen LogP contribution in [-0.4, -0.2) is 19.9 Å². The molecule has 0 radical (unpaired) electrons. The van der Waals surface area contributed by atoms with Crippen LogP contribution in [0.1, 0.15) is 0 Å². The molecule has 0 saturated heterocycles. The van der Waals surface area contributed by atoms with Gasteiger partial charge < -0.3 is 4.84 Å². The first-order valence-electron chi connectivity index (χ1n) is 1.56. The van der Waals surface area contributed by atoms with Crippen LogP contribution in [0.5, 0.6) is 0 Å². The molecule has 0 heterocycles. The topological polar surface area (TPSA) is 34.0 Å². The van der Waals surface area contributed by atoms with Crippen molar-refractivity contribution < 1.29 is 9.23 Å². The van der Waals surface area contributed by atoms with Crippen LogP contribution in [0, 0.1) is 0 Å². The van der Waals surface area contributed by atoms with Gasteiger partial charge in [0.15, 0.2) is 0 Å². The SMILES string of the molecule is C=NOC(F)=NC. The molecule has 0 aromatic rings. The third-order valence-corrected chi connectivity index (χ3v) is 0.316. The van der Waals surface area contributed by atoms with Crippen molar-refractivity contribution in [2.24, 2.45) is 10.1 Å². The first-order valence-corrected chi connectivity index (χ1v) is 1.56. The van der Waals surface area contributed by atoms with Crippen LogP contribution in [0.15, 0.2) is 10.1 Å². The third-order valence-electron chi connectivity index (χ3n) is 0.316. The number of hydrogen-bond donors (Lipinski definition) is 0. The Balaban J connectivity index is 3.36. The van der Waals surface area contributed by atoms with Gasteiger partial charge in [0.25, 0.3) is 0 Å². The zero-order chi connectivity index (χ0) is 5.70. The van der Waals surface area contributed by atoms with E-state index in [1.807, 2.05) is 0 Å². The second-order valence-corrected chi connectivity index (χ2v) is 0.697. The first-order chi connectivity index (χ1) is 3.31. The van der Waals surface area contributed by atoms with Crippen LogP contribution in [0.25, 0.3) is 0 Å². The third kappa shape index (κ3) is 2.88. The maximum atomic E-state index is 11.5. The highest BCUT2D eigenvalue weighted by molar-refractivity contribution is 5.64. The molecule has 0 unspecified atom stereocenters. The van der Waals surface area contributed by atoms with E-state index in [1.54, 1.807) is 0 Å². The Morgan fingerprint density at radius 1 is 1.86 bits per heavy atom. The normalized spacial score (nSPS) is 10.9. The maximum Gasteiger partial charge on any atom is 0.398 e. The summed E-state index contributed by atoms with van der Waals surface area (Å²) in [6.07, 6.45) is -0.977. The van der Waals surface area contributed by atoms with Crippen molar-refractivity contribution in [2.75, 3.05) is 7.05 Å². The van der Waals surface area contributed by atoms with E-state index in [1.165, 1.54) is 7.05 Å². The van der Waals surface area contributed by atoms with Gasteiger partial charge in [0.2, 0.25) is 0 Å². The van der Waals surface area contributed by atoms with Gasteiger partial charge in [0.1, 0.15) is 0 Å². The fourth-order valence-corrected chi connectivity index (χ4v) is 0.0941. The summed E-state index contributed by atoms with van der Waals surface area (Å²) in [5.74, 6) is 0. The van der Waals surface area contributed by atoms with Gasteiger partial charge in [-0.1, -0.05) is 5.16 Å². The summed E-state index contributed by atoms with van der Waals surface area (Å²) in [5, 5.41) is 2.75. The molecule has 0 spiro atoms. The zero-order valence-electron chi connectivity index (χ0n) is 3.89. The minimum atomic E-state index is -0.977. The molecule has 0 aromatic heterocycles. The van der Waals surface area contributed by atoms with E-state index in [0.717, 1.165) is 0 Å². The molecule has 0 rings (SSSR count). The van der Waals surface area contributed by atoms with Gasteiger partial charge in [-0.2, -0.15) is 0 Å². The standard InChI is InChI=1S/C3H5FN2O/c1-5-3(4)7-6-2/h2H2,1H3. The number of nitrogens with zero attached hydrogens (tertiary/aromatic N) is 2. The molecule has 0 fully saturated rings. The number of hydrogen-bond acceptors (Lipinski definition) is 3. The van der Waals surface area contributed by atoms with Crippen molar-refractivity contribution in [3.8, 4) is 0 Å². The predicted octanol–water partition coefficient (Wildman–Crippen LogP) is 0.574. The second kappa shape index (κ2) is 3.27. The van der Waals surface area contributed by atoms with Crippen molar-refractivity contribution in [1.82, 2.24) is 0 Å². The van der Waals surface area contributed by atoms with Crippen LogP contribution < -0.4 is 0 Å². The van der Waals surface area contributed by atoms with E-state index in [-0.39, 0.29) is 0 Å². The van der Waals surface area contributed by atoms with Crippen LogP contribution in [-0.2, 0) is 4.84 Å². The molecule has 0 aromatic carbocycles. The summed E-state index contributed by atoms with van der Waals surface area (Å²) in [5.41, 5.74) is 0. The molecule has 3 nitrogen and oxygen atoms in total. The van der Waals surface area contributed by atoms with Crippen molar-refractivity contribution in [1.29, 1.82) is 0 Å². The van der Waals surface area contributed by atoms with Crippen molar-refractivity contribution in [3.05, 3.63) is 0 Å². The highest BCUT2D eigenvalue weighted by atomic mass is 19.1. The lowest BCUT2D eigenvalue weighted by Gasteiger charge is -1.83. The number of aliphatic imine (C=N–C) groups is 1. The molecule has 7 heavy (non-hydrogen) atoms. The van der Waals surface area contributed by atoms with Gasteiger partial charge in [0.05, 0.1) is 0 Å². The van der Waals surface area contributed by atoms with Gasteiger partial charge in [-0.15, -0.1) is 4.39 Å². The molecule has 0 aliphatic heterocycles. The largest absolute Gasteiger partial charge is 0.398 e. The van der Waals surface area contributed by atoms with Gasteiger partial charge in [-0.3, -0.25) is 0 Å². The Labute approximate surface area is 40.5 Å². The van der Waals surface area contributed by atoms with Crippen molar-refractivity contribution >= 4 is 12.9 Å². The lowest BCUT2D eigenvalue weighted by Crippen LogP contribution is -1.87. The smallest absolute Gasteiger partial charge is 0.306 e. The van der Waals surface area contributed by atoms with Gasteiger partial charge >= 0.3 is 6.15 Å². The van der Waals surface area contributed by atoms with Crippen LogP contribution in [0.3, 0.4) is 0 Å². The van der Waals surface area contributed by atoms with E-state index in [4.69, 9.17) is 0 Å².